The zero-order chi connectivity index (χ0) is 14.8. The van der Waals surface area contributed by atoms with Crippen LogP contribution < -0.4 is 5.32 Å². The highest BCUT2D eigenvalue weighted by atomic mass is 32.2. The molecule has 0 spiro atoms. The molecule has 0 aliphatic rings. The van der Waals surface area contributed by atoms with Crippen molar-refractivity contribution in [1.29, 1.82) is 0 Å². The third-order valence-electron chi connectivity index (χ3n) is 2.33. The summed E-state index contributed by atoms with van der Waals surface area (Å²) in [5.41, 5.74) is -0.0937. The van der Waals surface area contributed by atoms with Gasteiger partial charge in [0, 0.05) is 7.05 Å². The molecule has 20 heavy (non-hydrogen) atoms. The molecule has 0 bridgehead atoms. The highest BCUT2D eigenvalue weighted by molar-refractivity contribution is 7.92. The van der Waals surface area contributed by atoms with E-state index in [1.165, 1.54) is 25.2 Å². The van der Waals surface area contributed by atoms with Crippen LogP contribution in [0, 0.1) is 5.82 Å². The largest absolute Gasteiger partial charge is 0.323 e. The van der Waals surface area contributed by atoms with Gasteiger partial charge in [0.05, 0.1) is 5.69 Å². The van der Waals surface area contributed by atoms with Crippen molar-refractivity contribution in [3.05, 3.63) is 30.1 Å². The number of halogens is 1. The Balaban J connectivity index is 2.13. The molecule has 1 aromatic heterocycles. The first kappa shape index (κ1) is 14.1. The van der Waals surface area contributed by atoms with Crippen molar-refractivity contribution in [3.8, 4) is 0 Å². The number of amides is 1. The van der Waals surface area contributed by atoms with Gasteiger partial charge in [-0.2, -0.15) is 0 Å². The number of hydrogen-bond donors (Lipinski definition) is 1. The third kappa shape index (κ3) is 2.96. The molecule has 1 heterocycles. The van der Waals surface area contributed by atoms with Gasteiger partial charge in [-0.15, -0.1) is 0 Å². The van der Waals surface area contributed by atoms with E-state index >= 15 is 0 Å². The normalized spacial score (nSPS) is 11.3. The number of nitrogens with zero attached hydrogens (tertiary/aromatic N) is 4. The van der Waals surface area contributed by atoms with Crippen LogP contribution in [0.2, 0.25) is 0 Å². The van der Waals surface area contributed by atoms with Crippen LogP contribution in [-0.4, -0.2) is 40.3 Å². The van der Waals surface area contributed by atoms with Gasteiger partial charge in [-0.25, -0.2) is 17.5 Å². The van der Waals surface area contributed by atoms with E-state index < -0.39 is 32.5 Å². The van der Waals surface area contributed by atoms with Crippen LogP contribution in [0.15, 0.2) is 29.4 Å². The fourth-order valence-corrected chi connectivity index (χ4v) is 2.62. The first-order valence-electron chi connectivity index (χ1n) is 5.39. The lowest BCUT2D eigenvalue weighted by atomic mass is 10.3. The van der Waals surface area contributed by atoms with Gasteiger partial charge in [-0.3, -0.25) is 4.79 Å². The fourth-order valence-electron chi connectivity index (χ4n) is 1.47. The molecule has 1 N–H and O–H groups in total. The van der Waals surface area contributed by atoms with Gasteiger partial charge in [0.25, 0.3) is 5.16 Å². The third-order valence-corrected chi connectivity index (χ3v) is 3.87. The first-order chi connectivity index (χ1) is 9.40. The lowest BCUT2D eigenvalue weighted by Crippen LogP contribution is -2.25. The zero-order valence-electron chi connectivity index (χ0n) is 10.3. The molecular weight excluding hydrogens is 289 g/mol. The summed E-state index contributed by atoms with van der Waals surface area (Å²) in [4.78, 5) is 11.7. The summed E-state index contributed by atoms with van der Waals surface area (Å²) >= 11 is 0. The van der Waals surface area contributed by atoms with Crippen LogP contribution in [0.1, 0.15) is 0 Å². The number of benzene rings is 1. The molecule has 0 aliphatic heterocycles. The standard InChI is InChI=1S/C10H10FN5O3S/c1-16-10(13-14-15-16)20(18,19)6-9(17)12-8-5-3-2-4-7(8)11/h2-5H,6H2,1H3,(H,12,17). The van der Waals surface area contributed by atoms with Gasteiger partial charge in [0.1, 0.15) is 11.6 Å². The second-order valence-electron chi connectivity index (χ2n) is 3.87. The van der Waals surface area contributed by atoms with E-state index in [1.54, 1.807) is 0 Å². The number of tetrazole rings is 1. The highest BCUT2D eigenvalue weighted by Gasteiger charge is 2.25. The summed E-state index contributed by atoms with van der Waals surface area (Å²) in [6.45, 7) is 0. The number of aryl methyl sites for hydroxylation is 1. The second-order valence-corrected chi connectivity index (χ2v) is 5.76. The van der Waals surface area contributed by atoms with Crippen molar-refractivity contribution in [2.45, 2.75) is 5.16 Å². The first-order valence-corrected chi connectivity index (χ1v) is 7.05. The Bertz CT molecular complexity index is 743. The maximum Gasteiger partial charge on any atom is 0.267 e. The SMILES string of the molecule is Cn1nnnc1S(=O)(=O)CC(=O)Nc1ccccc1F. The summed E-state index contributed by atoms with van der Waals surface area (Å²) in [5, 5.41) is 11.6. The van der Waals surface area contributed by atoms with Crippen molar-refractivity contribution in [1.82, 2.24) is 20.2 Å². The van der Waals surface area contributed by atoms with Gasteiger partial charge < -0.3 is 5.32 Å². The number of carbonyl (C=O) groups excluding carboxylic acids is 1. The van der Waals surface area contributed by atoms with E-state index in [0.717, 1.165) is 10.7 Å². The Kier molecular flexibility index (Phi) is 3.74. The molecule has 2 aromatic rings. The van der Waals surface area contributed by atoms with Crippen LogP contribution in [0.5, 0.6) is 0 Å². The van der Waals surface area contributed by atoms with Crippen molar-refractivity contribution >= 4 is 21.4 Å². The van der Waals surface area contributed by atoms with E-state index in [1.807, 2.05) is 0 Å². The predicted molar refractivity (Wildman–Crippen MR) is 65.9 cm³/mol. The number of sulfone groups is 1. The molecule has 0 aliphatic carbocycles. The molecule has 0 unspecified atom stereocenters. The zero-order valence-corrected chi connectivity index (χ0v) is 11.1. The Labute approximate surface area is 113 Å². The van der Waals surface area contributed by atoms with Crippen LogP contribution in [0.4, 0.5) is 10.1 Å². The maximum atomic E-state index is 13.3. The molecular formula is C10H10FN5O3S. The van der Waals surface area contributed by atoms with E-state index in [2.05, 4.69) is 20.8 Å². The van der Waals surface area contributed by atoms with Crippen LogP contribution >= 0.6 is 0 Å². The molecule has 2 rings (SSSR count). The summed E-state index contributed by atoms with van der Waals surface area (Å²) in [6, 6.07) is 5.44. The molecule has 0 fully saturated rings. The smallest absolute Gasteiger partial charge is 0.267 e. The molecule has 0 radical (unpaired) electrons. The van der Waals surface area contributed by atoms with Crippen molar-refractivity contribution in [2.75, 3.05) is 11.1 Å². The molecule has 8 nitrogen and oxygen atoms in total. The molecule has 106 valence electrons. The van der Waals surface area contributed by atoms with E-state index in [-0.39, 0.29) is 5.69 Å². The number of nitrogens with one attached hydrogen (secondary N) is 1. The van der Waals surface area contributed by atoms with E-state index in [9.17, 15) is 17.6 Å². The minimum atomic E-state index is -3.99. The number of aromatic nitrogens is 4. The summed E-state index contributed by atoms with van der Waals surface area (Å²) < 4.78 is 38.0. The molecule has 1 aromatic carbocycles. The van der Waals surface area contributed by atoms with Crippen molar-refractivity contribution in [2.24, 2.45) is 7.05 Å². The minimum absolute atomic E-state index is 0.0937. The maximum absolute atomic E-state index is 13.3. The average Bonchev–Trinajstić information content (AvgIpc) is 2.78. The number of anilines is 1. The second kappa shape index (κ2) is 5.33. The number of para-hydroxylation sites is 1. The Morgan fingerprint density at radius 2 is 2.10 bits per heavy atom. The van der Waals surface area contributed by atoms with Crippen molar-refractivity contribution in [3.63, 3.8) is 0 Å². The highest BCUT2D eigenvalue weighted by Crippen LogP contribution is 2.13. The number of hydrogen-bond acceptors (Lipinski definition) is 6. The fraction of sp³-hybridized carbons (Fsp3) is 0.200. The van der Waals surface area contributed by atoms with Gasteiger partial charge in [-0.05, 0) is 22.6 Å². The monoisotopic (exact) mass is 299 g/mol. The number of rotatable bonds is 4. The molecule has 1 amide bonds. The predicted octanol–water partition coefficient (Wildman–Crippen LogP) is -0.238. The van der Waals surface area contributed by atoms with E-state index in [0.29, 0.717) is 0 Å². The topological polar surface area (TPSA) is 107 Å². The van der Waals surface area contributed by atoms with Crippen LogP contribution in [0.3, 0.4) is 0 Å². The average molecular weight is 299 g/mol. The van der Waals surface area contributed by atoms with Crippen molar-refractivity contribution < 1.29 is 17.6 Å². The lowest BCUT2D eigenvalue weighted by Gasteiger charge is -2.06. The summed E-state index contributed by atoms with van der Waals surface area (Å²) in [7, 11) is -2.65. The quantitative estimate of drug-likeness (QED) is 0.835. The van der Waals surface area contributed by atoms with Gasteiger partial charge in [0.2, 0.25) is 15.7 Å². The Hall–Kier alpha value is -2.36. The van der Waals surface area contributed by atoms with Crippen LogP contribution in [-0.2, 0) is 21.7 Å². The van der Waals surface area contributed by atoms with Gasteiger partial charge >= 0.3 is 0 Å². The molecule has 10 heteroatoms. The minimum Gasteiger partial charge on any atom is -0.323 e. The lowest BCUT2D eigenvalue weighted by molar-refractivity contribution is -0.113. The summed E-state index contributed by atoms with van der Waals surface area (Å²) in [5.74, 6) is -2.41. The van der Waals surface area contributed by atoms with Gasteiger partial charge in [-0.1, -0.05) is 17.2 Å². The van der Waals surface area contributed by atoms with Crippen LogP contribution in [0.25, 0.3) is 0 Å². The molecule has 0 atom stereocenters. The Morgan fingerprint density at radius 1 is 1.40 bits per heavy atom. The summed E-state index contributed by atoms with van der Waals surface area (Å²) in [6.07, 6.45) is 0. The Morgan fingerprint density at radius 3 is 2.70 bits per heavy atom. The molecule has 0 saturated heterocycles. The molecule has 0 saturated carbocycles. The number of carbonyl (C=O) groups is 1. The van der Waals surface area contributed by atoms with E-state index in [4.69, 9.17) is 0 Å². The van der Waals surface area contributed by atoms with Gasteiger partial charge in [0.15, 0.2) is 0 Å².